The maximum absolute atomic E-state index is 12.5. The van der Waals surface area contributed by atoms with E-state index in [2.05, 4.69) is 26.4 Å². The fourth-order valence-electron chi connectivity index (χ4n) is 3.88. The van der Waals surface area contributed by atoms with Crippen molar-refractivity contribution in [3.8, 4) is 0 Å². The molecule has 3 rings (SSSR count). The number of carbonyl (C=O) groups excluding carboxylic acids is 1. The largest absolute Gasteiger partial charge is 0.354 e. The lowest BCUT2D eigenvalue weighted by molar-refractivity contribution is -0.126. The summed E-state index contributed by atoms with van der Waals surface area (Å²) < 4.78 is 1.86. The number of carbonyl (C=O) groups is 1. The summed E-state index contributed by atoms with van der Waals surface area (Å²) >= 11 is 0. The summed E-state index contributed by atoms with van der Waals surface area (Å²) in [6.07, 6.45) is 14.0. The summed E-state index contributed by atoms with van der Waals surface area (Å²) in [6.45, 7) is 4.58. The van der Waals surface area contributed by atoms with Gasteiger partial charge in [-0.25, -0.2) is 4.98 Å². The van der Waals surface area contributed by atoms with Gasteiger partial charge in [0.1, 0.15) is 12.7 Å². The van der Waals surface area contributed by atoms with Crippen LogP contribution in [0.15, 0.2) is 24.3 Å². The third kappa shape index (κ3) is 4.44. The van der Waals surface area contributed by atoms with Crippen LogP contribution in [0, 0.1) is 0 Å². The topological polar surface area (TPSA) is 63.1 Å². The molecule has 6 nitrogen and oxygen atoms in total. The maximum Gasteiger partial charge on any atom is 0.237 e. The standard InChI is InChI=1S/C18H29N5O/c1-15(18(24)20-10-9-16-6-3-2-4-7-16)23-11-5-8-17(23)12-22-14-19-13-21-22/h6,13-15,17H,2-5,7-12H2,1H3,(H,20,24)/t15-,17+/m1/s1. The smallest absolute Gasteiger partial charge is 0.237 e. The van der Waals surface area contributed by atoms with Crippen molar-refractivity contribution in [3.05, 3.63) is 24.3 Å². The molecule has 0 saturated carbocycles. The van der Waals surface area contributed by atoms with Crippen LogP contribution in [0.5, 0.6) is 0 Å². The van der Waals surface area contributed by atoms with Gasteiger partial charge in [-0.05, 0) is 58.4 Å². The second kappa shape index (κ2) is 8.42. The molecule has 132 valence electrons. The monoisotopic (exact) mass is 331 g/mol. The normalized spacial score (nSPS) is 23.0. The summed E-state index contributed by atoms with van der Waals surface area (Å²) in [4.78, 5) is 18.8. The van der Waals surface area contributed by atoms with Crippen LogP contribution in [0.1, 0.15) is 51.9 Å². The van der Waals surface area contributed by atoms with Crippen molar-refractivity contribution >= 4 is 5.91 Å². The SMILES string of the molecule is C[C@H](C(=O)NCCC1=CCCCC1)N1CCC[C@H]1Cn1cncn1. The molecule has 1 amide bonds. The minimum absolute atomic E-state index is 0.0821. The van der Waals surface area contributed by atoms with E-state index in [1.165, 1.54) is 31.3 Å². The second-order valence-electron chi connectivity index (χ2n) is 6.98. The van der Waals surface area contributed by atoms with Gasteiger partial charge in [0.15, 0.2) is 0 Å². The van der Waals surface area contributed by atoms with Gasteiger partial charge in [0.25, 0.3) is 0 Å². The van der Waals surface area contributed by atoms with Gasteiger partial charge in [-0.15, -0.1) is 0 Å². The van der Waals surface area contributed by atoms with Crippen LogP contribution in [0.4, 0.5) is 0 Å². The molecule has 1 saturated heterocycles. The number of nitrogens with one attached hydrogen (secondary N) is 1. The Hall–Kier alpha value is -1.69. The quantitative estimate of drug-likeness (QED) is 0.778. The fourth-order valence-corrected chi connectivity index (χ4v) is 3.88. The number of allylic oxidation sites excluding steroid dienone is 1. The first-order valence-electron chi connectivity index (χ1n) is 9.28. The van der Waals surface area contributed by atoms with E-state index in [1.807, 2.05) is 11.6 Å². The first kappa shape index (κ1) is 17.1. The molecular weight excluding hydrogens is 302 g/mol. The average Bonchev–Trinajstić information content (AvgIpc) is 3.27. The molecule has 1 fully saturated rings. The van der Waals surface area contributed by atoms with Gasteiger partial charge in [0.2, 0.25) is 5.91 Å². The molecule has 2 atom stereocenters. The predicted molar refractivity (Wildman–Crippen MR) is 93.4 cm³/mol. The Balaban J connectivity index is 1.46. The summed E-state index contributed by atoms with van der Waals surface area (Å²) in [7, 11) is 0. The Bertz CT molecular complexity index is 554. The third-order valence-corrected chi connectivity index (χ3v) is 5.29. The number of amides is 1. The van der Waals surface area contributed by atoms with Gasteiger partial charge >= 0.3 is 0 Å². The summed E-state index contributed by atoms with van der Waals surface area (Å²) in [5.41, 5.74) is 1.51. The van der Waals surface area contributed by atoms with Crippen LogP contribution in [0.25, 0.3) is 0 Å². The van der Waals surface area contributed by atoms with E-state index in [4.69, 9.17) is 0 Å². The molecule has 6 heteroatoms. The zero-order valence-corrected chi connectivity index (χ0v) is 14.7. The summed E-state index contributed by atoms with van der Waals surface area (Å²) in [6, 6.07) is 0.287. The minimum Gasteiger partial charge on any atom is -0.354 e. The number of hydrogen-bond donors (Lipinski definition) is 1. The number of rotatable bonds is 7. The van der Waals surface area contributed by atoms with Crippen molar-refractivity contribution < 1.29 is 4.79 Å². The van der Waals surface area contributed by atoms with Gasteiger partial charge in [-0.3, -0.25) is 14.4 Å². The molecule has 0 spiro atoms. The van der Waals surface area contributed by atoms with E-state index in [0.29, 0.717) is 6.04 Å². The highest BCUT2D eigenvalue weighted by Crippen LogP contribution is 2.22. The molecule has 1 aliphatic carbocycles. The average molecular weight is 331 g/mol. The molecule has 1 N–H and O–H groups in total. The zero-order chi connectivity index (χ0) is 16.8. The van der Waals surface area contributed by atoms with Gasteiger partial charge in [-0.2, -0.15) is 5.10 Å². The molecule has 24 heavy (non-hydrogen) atoms. The van der Waals surface area contributed by atoms with Crippen LogP contribution >= 0.6 is 0 Å². The Labute approximate surface area is 144 Å². The zero-order valence-electron chi connectivity index (χ0n) is 14.7. The lowest BCUT2D eigenvalue weighted by Crippen LogP contribution is -2.48. The van der Waals surface area contributed by atoms with E-state index < -0.39 is 0 Å². The highest BCUT2D eigenvalue weighted by molar-refractivity contribution is 5.81. The summed E-state index contributed by atoms with van der Waals surface area (Å²) in [5, 5.41) is 7.32. The first-order valence-corrected chi connectivity index (χ1v) is 9.28. The van der Waals surface area contributed by atoms with Gasteiger partial charge < -0.3 is 5.32 Å². The molecule has 0 radical (unpaired) electrons. The molecule has 1 aromatic rings. The van der Waals surface area contributed by atoms with Crippen LogP contribution in [0.3, 0.4) is 0 Å². The second-order valence-corrected chi connectivity index (χ2v) is 6.98. The van der Waals surface area contributed by atoms with E-state index >= 15 is 0 Å². The number of nitrogens with zero attached hydrogens (tertiary/aromatic N) is 4. The van der Waals surface area contributed by atoms with E-state index in [-0.39, 0.29) is 11.9 Å². The van der Waals surface area contributed by atoms with Gasteiger partial charge in [0, 0.05) is 12.6 Å². The predicted octanol–water partition coefficient (Wildman–Crippen LogP) is 2.14. The molecular formula is C18H29N5O. The highest BCUT2D eigenvalue weighted by atomic mass is 16.2. The van der Waals surface area contributed by atoms with Crippen molar-refractivity contribution in [1.29, 1.82) is 0 Å². The lowest BCUT2D eigenvalue weighted by Gasteiger charge is -2.29. The summed E-state index contributed by atoms with van der Waals surface area (Å²) in [5.74, 6) is 0.150. The third-order valence-electron chi connectivity index (χ3n) is 5.29. The van der Waals surface area contributed by atoms with Crippen molar-refractivity contribution in [2.75, 3.05) is 13.1 Å². The van der Waals surface area contributed by atoms with Crippen LogP contribution in [0.2, 0.25) is 0 Å². The van der Waals surface area contributed by atoms with Gasteiger partial charge in [0.05, 0.1) is 12.6 Å². The first-order chi connectivity index (χ1) is 11.7. The van der Waals surface area contributed by atoms with E-state index in [9.17, 15) is 4.79 Å². The molecule has 2 heterocycles. The minimum atomic E-state index is -0.0821. The Morgan fingerprint density at radius 2 is 2.33 bits per heavy atom. The number of aromatic nitrogens is 3. The van der Waals surface area contributed by atoms with Crippen LogP contribution in [-0.2, 0) is 11.3 Å². The number of hydrogen-bond acceptors (Lipinski definition) is 4. The van der Waals surface area contributed by atoms with Crippen molar-refractivity contribution in [3.63, 3.8) is 0 Å². The Morgan fingerprint density at radius 3 is 3.08 bits per heavy atom. The molecule has 0 aromatic carbocycles. The number of likely N-dealkylation sites (tertiary alicyclic amines) is 1. The fraction of sp³-hybridized carbons (Fsp3) is 0.722. The van der Waals surface area contributed by atoms with Gasteiger partial charge in [-0.1, -0.05) is 11.6 Å². The Morgan fingerprint density at radius 1 is 1.42 bits per heavy atom. The van der Waals surface area contributed by atoms with E-state index in [0.717, 1.165) is 38.9 Å². The van der Waals surface area contributed by atoms with Crippen molar-refractivity contribution in [2.24, 2.45) is 0 Å². The molecule has 0 bridgehead atoms. The van der Waals surface area contributed by atoms with Crippen LogP contribution in [-0.4, -0.2) is 50.7 Å². The Kier molecular flexibility index (Phi) is 6.01. The molecule has 2 aliphatic rings. The molecule has 0 unspecified atom stereocenters. The molecule has 1 aromatic heterocycles. The lowest BCUT2D eigenvalue weighted by atomic mass is 9.97. The maximum atomic E-state index is 12.5. The molecule has 1 aliphatic heterocycles. The highest BCUT2D eigenvalue weighted by Gasteiger charge is 2.32. The van der Waals surface area contributed by atoms with E-state index in [1.54, 1.807) is 12.7 Å². The van der Waals surface area contributed by atoms with Crippen LogP contribution < -0.4 is 5.32 Å². The van der Waals surface area contributed by atoms with Crippen molar-refractivity contribution in [1.82, 2.24) is 25.0 Å². The van der Waals surface area contributed by atoms with Crippen molar-refractivity contribution in [2.45, 2.75) is 70.5 Å².